The van der Waals surface area contributed by atoms with Gasteiger partial charge in [-0.2, -0.15) is 0 Å². The van der Waals surface area contributed by atoms with E-state index >= 15 is 0 Å². The highest BCUT2D eigenvalue weighted by atomic mass is 32.2. The summed E-state index contributed by atoms with van der Waals surface area (Å²) in [7, 11) is 0. The van der Waals surface area contributed by atoms with Gasteiger partial charge in [-0.25, -0.2) is 0 Å². The number of carbonyl (C=O) groups excluding carboxylic acids is 2. The lowest BCUT2D eigenvalue weighted by molar-refractivity contribution is 0.0331. The first-order valence-corrected chi connectivity index (χ1v) is 14.2. The number of amides is 2. The summed E-state index contributed by atoms with van der Waals surface area (Å²) in [6.07, 6.45) is 1.97. The monoisotopic (exact) mass is 538 g/mol. The molecule has 0 bridgehead atoms. The number of benzene rings is 4. The molecule has 2 heterocycles. The molecular formula is C32H30N2O4S. The molecule has 0 saturated heterocycles. The number of hydrogen-bond donors (Lipinski definition) is 0. The molecule has 4 aromatic carbocycles. The highest BCUT2D eigenvalue weighted by molar-refractivity contribution is 7.99. The zero-order valence-corrected chi connectivity index (χ0v) is 22.5. The van der Waals surface area contributed by atoms with Crippen LogP contribution in [0.2, 0.25) is 0 Å². The fourth-order valence-corrected chi connectivity index (χ4v) is 6.35. The van der Waals surface area contributed by atoms with Crippen molar-refractivity contribution in [1.82, 2.24) is 4.90 Å². The Kier molecular flexibility index (Phi) is 7.63. The van der Waals surface area contributed by atoms with E-state index in [4.69, 9.17) is 9.47 Å². The van der Waals surface area contributed by atoms with Crippen LogP contribution in [0, 0.1) is 0 Å². The van der Waals surface area contributed by atoms with Crippen LogP contribution in [0.4, 0.5) is 11.4 Å². The number of para-hydroxylation sites is 2. The lowest BCUT2D eigenvalue weighted by Gasteiger charge is -2.32. The van der Waals surface area contributed by atoms with E-state index < -0.39 is 0 Å². The van der Waals surface area contributed by atoms with Crippen molar-refractivity contribution >= 4 is 45.7 Å². The maximum atomic E-state index is 13.0. The van der Waals surface area contributed by atoms with E-state index in [9.17, 15) is 9.59 Å². The Balaban J connectivity index is 0.911. The van der Waals surface area contributed by atoms with Crippen molar-refractivity contribution < 1.29 is 19.1 Å². The standard InChI is InChI=1S/C32H30N2O4S/c35-31-24-11-7-9-23-10-8-12-25(30(23)24)32(36)34(31)18-20-38-22-21-37-19-6-5-17-33-26-13-1-3-15-28(26)39-29-16-4-2-14-27(29)33/h1-4,7-16H,5-6,17-22H2. The summed E-state index contributed by atoms with van der Waals surface area (Å²) < 4.78 is 11.5. The van der Waals surface area contributed by atoms with E-state index in [1.807, 2.05) is 36.0 Å². The molecule has 7 heteroatoms. The Morgan fingerprint density at radius 1 is 0.564 bits per heavy atom. The number of anilines is 2. The Bertz CT molecular complexity index is 1430. The molecule has 2 aliphatic rings. The summed E-state index contributed by atoms with van der Waals surface area (Å²) in [5.41, 5.74) is 3.67. The second-order valence-corrected chi connectivity index (χ2v) is 10.7. The lowest BCUT2D eigenvalue weighted by atomic mass is 9.94. The van der Waals surface area contributed by atoms with Gasteiger partial charge in [0.05, 0.1) is 37.7 Å². The highest BCUT2D eigenvalue weighted by Crippen LogP contribution is 2.47. The Hall–Kier alpha value is -3.65. The molecule has 6 nitrogen and oxygen atoms in total. The van der Waals surface area contributed by atoms with Crippen LogP contribution in [-0.2, 0) is 9.47 Å². The zero-order chi connectivity index (χ0) is 26.6. The molecule has 0 unspecified atom stereocenters. The van der Waals surface area contributed by atoms with Crippen molar-refractivity contribution in [1.29, 1.82) is 0 Å². The third-order valence-corrected chi connectivity index (χ3v) is 8.27. The predicted octanol–water partition coefficient (Wildman–Crippen LogP) is 6.55. The second-order valence-electron chi connectivity index (χ2n) is 9.59. The van der Waals surface area contributed by atoms with Crippen LogP contribution in [0.3, 0.4) is 0 Å². The molecule has 0 radical (unpaired) electrons. The minimum Gasteiger partial charge on any atom is -0.379 e. The fraction of sp³-hybridized carbons (Fsp3) is 0.250. The van der Waals surface area contributed by atoms with E-state index in [0.29, 0.717) is 30.9 Å². The van der Waals surface area contributed by atoms with Crippen LogP contribution in [0.25, 0.3) is 10.8 Å². The minimum absolute atomic E-state index is 0.222. The smallest absolute Gasteiger partial charge is 0.261 e. The largest absolute Gasteiger partial charge is 0.379 e. The number of nitrogens with zero attached hydrogens (tertiary/aromatic N) is 2. The number of ether oxygens (including phenoxy) is 2. The number of fused-ring (bicyclic) bond motifs is 2. The lowest BCUT2D eigenvalue weighted by Crippen LogP contribution is -2.42. The normalized spacial score (nSPS) is 14.1. The molecule has 2 aliphatic heterocycles. The van der Waals surface area contributed by atoms with Crippen LogP contribution in [0.15, 0.2) is 94.7 Å². The summed E-state index contributed by atoms with van der Waals surface area (Å²) in [5.74, 6) is -0.525. The average molecular weight is 539 g/mol. The van der Waals surface area contributed by atoms with Crippen molar-refractivity contribution in [2.45, 2.75) is 22.6 Å². The first-order valence-electron chi connectivity index (χ1n) is 13.4. The zero-order valence-electron chi connectivity index (χ0n) is 21.7. The second kappa shape index (κ2) is 11.6. The van der Waals surface area contributed by atoms with Gasteiger partial charge >= 0.3 is 0 Å². The van der Waals surface area contributed by atoms with Crippen LogP contribution >= 0.6 is 11.8 Å². The van der Waals surface area contributed by atoms with Gasteiger partial charge in [-0.3, -0.25) is 14.5 Å². The summed E-state index contributed by atoms with van der Waals surface area (Å²) in [6, 6.07) is 28.2. The average Bonchev–Trinajstić information content (AvgIpc) is 2.97. The van der Waals surface area contributed by atoms with E-state index in [-0.39, 0.29) is 25.0 Å². The third-order valence-electron chi connectivity index (χ3n) is 7.14. The van der Waals surface area contributed by atoms with Crippen molar-refractivity contribution in [2.75, 3.05) is 44.4 Å². The van der Waals surface area contributed by atoms with E-state index in [0.717, 1.165) is 30.2 Å². The van der Waals surface area contributed by atoms with Gasteiger partial charge in [0.2, 0.25) is 0 Å². The maximum absolute atomic E-state index is 13.0. The Morgan fingerprint density at radius 2 is 1.15 bits per heavy atom. The van der Waals surface area contributed by atoms with Crippen molar-refractivity contribution in [2.24, 2.45) is 0 Å². The van der Waals surface area contributed by atoms with Gasteiger partial charge in [-0.15, -0.1) is 0 Å². The third kappa shape index (κ3) is 5.17. The van der Waals surface area contributed by atoms with Gasteiger partial charge in [0.15, 0.2) is 0 Å². The van der Waals surface area contributed by atoms with Gasteiger partial charge in [-0.1, -0.05) is 60.3 Å². The molecule has 0 saturated carbocycles. The summed E-state index contributed by atoms with van der Waals surface area (Å²) in [5, 5.41) is 1.65. The van der Waals surface area contributed by atoms with Crippen LogP contribution in [0.5, 0.6) is 0 Å². The SMILES string of the molecule is O=C1c2cccc3cccc(c23)C(=O)N1CCOCCOCCCCN1c2ccccc2Sc2ccccc21. The van der Waals surface area contributed by atoms with Gasteiger partial charge in [0.25, 0.3) is 11.8 Å². The molecule has 6 rings (SSSR count). The van der Waals surface area contributed by atoms with Crippen LogP contribution in [-0.4, -0.2) is 56.2 Å². The van der Waals surface area contributed by atoms with Gasteiger partial charge < -0.3 is 14.4 Å². The van der Waals surface area contributed by atoms with Crippen molar-refractivity contribution in [3.05, 3.63) is 96.1 Å². The van der Waals surface area contributed by atoms with Crippen molar-refractivity contribution in [3.8, 4) is 0 Å². The molecular weight excluding hydrogens is 508 g/mol. The number of unbranched alkanes of at least 4 members (excludes halogenated alkanes) is 1. The highest BCUT2D eigenvalue weighted by Gasteiger charge is 2.32. The molecule has 4 aromatic rings. The first-order chi connectivity index (χ1) is 19.2. The molecule has 198 valence electrons. The van der Waals surface area contributed by atoms with E-state index in [1.54, 1.807) is 12.1 Å². The molecule has 2 amide bonds. The minimum atomic E-state index is -0.262. The van der Waals surface area contributed by atoms with Crippen LogP contribution in [0.1, 0.15) is 33.6 Å². The summed E-state index contributed by atoms with van der Waals surface area (Å²) in [4.78, 5) is 32.2. The Morgan fingerprint density at radius 3 is 1.79 bits per heavy atom. The predicted molar refractivity (Wildman–Crippen MR) is 154 cm³/mol. The van der Waals surface area contributed by atoms with Crippen LogP contribution < -0.4 is 4.90 Å². The number of carbonyl (C=O) groups is 2. The fourth-order valence-electron chi connectivity index (χ4n) is 5.26. The molecule has 0 atom stereocenters. The molecule has 0 aromatic heterocycles. The molecule has 39 heavy (non-hydrogen) atoms. The molecule has 0 aliphatic carbocycles. The summed E-state index contributed by atoms with van der Waals surface area (Å²) in [6.45, 7) is 3.01. The van der Waals surface area contributed by atoms with E-state index in [1.165, 1.54) is 26.1 Å². The van der Waals surface area contributed by atoms with Gasteiger partial charge in [0.1, 0.15) is 0 Å². The van der Waals surface area contributed by atoms with Gasteiger partial charge in [-0.05, 0) is 54.6 Å². The van der Waals surface area contributed by atoms with Crippen molar-refractivity contribution in [3.63, 3.8) is 0 Å². The Labute approximate surface area is 232 Å². The maximum Gasteiger partial charge on any atom is 0.261 e. The quantitative estimate of drug-likeness (QED) is 0.159. The van der Waals surface area contributed by atoms with Gasteiger partial charge in [0, 0.05) is 39.5 Å². The number of imide groups is 1. The number of rotatable bonds is 11. The number of hydrogen-bond acceptors (Lipinski definition) is 6. The molecule has 0 fully saturated rings. The summed E-state index contributed by atoms with van der Waals surface area (Å²) >= 11 is 1.83. The topological polar surface area (TPSA) is 59.1 Å². The van der Waals surface area contributed by atoms with E-state index in [2.05, 4.69) is 53.4 Å². The molecule has 0 N–H and O–H groups in total. The first kappa shape index (κ1) is 25.6. The molecule has 0 spiro atoms.